The number of esters is 2. The second-order valence-electron chi connectivity index (χ2n) is 16.6. The summed E-state index contributed by atoms with van der Waals surface area (Å²) in [5.74, 6) is -1.44. The Labute approximate surface area is 404 Å². The molecule has 1 saturated carbocycles. The fourth-order valence-corrected chi connectivity index (χ4v) is 8.33. The van der Waals surface area contributed by atoms with E-state index < -0.39 is 89.6 Å². The first-order valence-electron chi connectivity index (χ1n) is 24.2. The third kappa shape index (κ3) is 32.9. The summed E-state index contributed by atoms with van der Waals surface area (Å²) in [7, 11) is -10.8. The fourth-order valence-electron chi connectivity index (χ4n) is 6.79. The molecule has 0 aromatic carbocycles. The minimum atomic E-state index is -5.39. The van der Waals surface area contributed by atoms with Gasteiger partial charge in [0.25, 0.3) is 0 Å². The third-order valence-corrected chi connectivity index (χ3v) is 12.1. The van der Waals surface area contributed by atoms with Gasteiger partial charge in [0.05, 0.1) is 12.7 Å². The van der Waals surface area contributed by atoms with Crippen molar-refractivity contribution in [2.24, 2.45) is 0 Å². The number of phosphoric ester groups is 2. The summed E-state index contributed by atoms with van der Waals surface area (Å²) >= 11 is 0. The highest BCUT2D eigenvalue weighted by atomic mass is 31.2. The lowest BCUT2D eigenvalue weighted by atomic mass is 9.85. The normalized spacial score (nSPS) is 22.4. The molecule has 0 bridgehead atoms. The number of hydrogen-bond donors (Lipinski definition) is 8. The first-order valence-corrected chi connectivity index (χ1v) is 27.3. The summed E-state index contributed by atoms with van der Waals surface area (Å²) in [4.78, 5) is 54.3. The zero-order valence-corrected chi connectivity index (χ0v) is 41.9. The molecule has 1 aliphatic rings. The van der Waals surface area contributed by atoms with Gasteiger partial charge in [-0.15, -0.1) is 0 Å². The van der Waals surface area contributed by atoms with E-state index in [0.717, 1.165) is 57.8 Å². The number of carbonyl (C=O) groups is 2. The number of carbonyl (C=O) groups excluding carboxylic acids is 2. The summed E-state index contributed by atoms with van der Waals surface area (Å²) < 4.78 is 49.2. The van der Waals surface area contributed by atoms with Crippen molar-refractivity contribution in [3.8, 4) is 0 Å². The van der Waals surface area contributed by atoms with Gasteiger partial charge in [0.15, 0.2) is 6.10 Å². The maximum absolute atomic E-state index is 13.0. The molecule has 0 amide bonds. The largest absolute Gasteiger partial charge is 0.472 e. The van der Waals surface area contributed by atoms with Gasteiger partial charge in [-0.2, -0.15) is 0 Å². The van der Waals surface area contributed by atoms with Crippen molar-refractivity contribution < 1.29 is 82.0 Å². The number of hydrogen-bond acceptors (Lipinski definition) is 14. The molecule has 1 rings (SSSR count). The lowest BCUT2D eigenvalue weighted by molar-refractivity contribution is -0.216. The number of aliphatic hydroxyl groups excluding tert-OH is 5. The Morgan fingerprint density at radius 2 is 1.07 bits per heavy atom. The molecule has 6 unspecified atom stereocenters. The number of unbranched alkanes of at least 4 members (excludes halogenated alkanes) is 10. The summed E-state index contributed by atoms with van der Waals surface area (Å²) in [6.45, 7) is 2.80. The van der Waals surface area contributed by atoms with Gasteiger partial charge in [0.1, 0.15) is 43.2 Å². The van der Waals surface area contributed by atoms with Crippen LogP contribution in [-0.2, 0) is 41.8 Å². The van der Waals surface area contributed by atoms with Crippen LogP contribution >= 0.6 is 15.6 Å². The van der Waals surface area contributed by atoms with Crippen molar-refractivity contribution in [1.82, 2.24) is 0 Å². The first-order chi connectivity index (χ1) is 32.5. The van der Waals surface area contributed by atoms with Crippen LogP contribution < -0.4 is 0 Å². The van der Waals surface area contributed by atoms with Gasteiger partial charge in [-0.05, 0) is 77.0 Å². The molecule has 0 aliphatic heterocycles. The second-order valence-corrected chi connectivity index (χ2v) is 19.2. The molecule has 19 heteroatoms. The average molecular weight is 1010 g/mol. The van der Waals surface area contributed by atoms with Crippen molar-refractivity contribution in [3.63, 3.8) is 0 Å². The molecule has 17 nitrogen and oxygen atoms in total. The number of rotatable bonds is 39. The van der Waals surface area contributed by atoms with Crippen LogP contribution in [0.4, 0.5) is 0 Å². The van der Waals surface area contributed by atoms with Gasteiger partial charge in [-0.25, -0.2) is 9.13 Å². The van der Waals surface area contributed by atoms with Crippen LogP contribution in [0.5, 0.6) is 0 Å². The Balaban J connectivity index is 2.69. The average Bonchev–Trinajstić information content (AvgIpc) is 3.29. The number of ether oxygens (including phenoxy) is 2. The molecular formula is C49H82O17P2. The summed E-state index contributed by atoms with van der Waals surface area (Å²) in [5.41, 5.74) is 0. The molecule has 9 atom stereocenters. The van der Waals surface area contributed by atoms with Crippen LogP contribution in [0.25, 0.3) is 0 Å². The number of allylic oxidation sites excluding steroid dienone is 13. The molecule has 68 heavy (non-hydrogen) atoms. The van der Waals surface area contributed by atoms with Crippen molar-refractivity contribution in [2.45, 2.75) is 198 Å². The monoisotopic (exact) mass is 1000 g/mol. The van der Waals surface area contributed by atoms with Gasteiger partial charge in [0, 0.05) is 12.8 Å². The van der Waals surface area contributed by atoms with E-state index >= 15 is 0 Å². The molecule has 1 fully saturated rings. The summed E-state index contributed by atoms with van der Waals surface area (Å²) in [5, 5.41) is 51.6. The zero-order chi connectivity index (χ0) is 50.5. The van der Waals surface area contributed by atoms with E-state index in [2.05, 4.69) is 79.1 Å². The van der Waals surface area contributed by atoms with Crippen molar-refractivity contribution in [1.29, 1.82) is 0 Å². The predicted octanol–water partition coefficient (Wildman–Crippen LogP) is 8.36. The minimum absolute atomic E-state index is 0.0279. The Kier molecular flexibility index (Phi) is 36.1. The highest BCUT2D eigenvalue weighted by molar-refractivity contribution is 7.47. The van der Waals surface area contributed by atoms with Gasteiger partial charge in [0.2, 0.25) is 0 Å². The fraction of sp³-hybridized carbons (Fsp3) is 0.673. The van der Waals surface area contributed by atoms with Crippen molar-refractivity contribution >= 4 is 27.6 Å². The molecule has 0 saturated heterocycles. The van der Waals surface area contributed by atoms with E-state index in [1.807, 2.05) is 12.2 Å². The van der Waals surface area contributed by atoms with E-state index in [0.29, 0.717) is 12.8 Å². The SMILES string of the molecule is CC/C=C\C/C=C\C/C=C\C/C=C\CCCCCCC(=O)O[C@H](COC(=O)CCCC(O)/C=C/C=C/C/C=C/CCCCCCCC)COP(=O)(O)O[C@H]1C(O)C(O)C(O)[C@@H](OP(=O)(O)O)C1O. The molecule has 0 radical (unpaired) electrons. The Bertz CT molecular complexity index is 1650. The molecule has 8 N–H and O–H groups in total. The van der Waals surface area contributed by atoms with Crippen LogP contribution in [0.3, 0.4) is 0 Å². The Morgan fingerprint density at radius 1 is 0.559 bits per heavy atom. The standard InChI is InChI=1S/C49H82O17P2/c1-3-5-7-9-11-13-15-17-18-19-20-22-24-26-28-30-32-36-43(52)64-41(39-63-68(60,61)66-49-46(55)44(53)45(54)48(47(49)56)65-67(57,58)59)38-62-42(51)37-33-35-40(50)34-31-29-27-25-23-21-16-14-12-10-8-6-4-2/h5,7,11,13,17-18,20-23,27,29,31,34,40-41,44-50,53-56H,3-4,6,8-10,12,14-16,19,24-26,28,30,32-33,35-39H2,1-2H3,(H,60,61)(H2,57,58,59)/b7-5-,13-11-,18-17-,22-20-,23-21+,29-27+,34-31+/t40?,41-,44?,45?,46?,47?,48-,49+/m1/s1. The van der Waals surface area contributed by atoms with E-state index in [-0.39, 0.29) is 25.7 Å². The van der Waals surface area contributed by atoms with Crippen LogP contribution in [0.1, 0.15) is 149 Å². The molecule has 0 aromatic rings. The molecule has 390 valence electrons. The van der Waals surface area contributed by atoms with Crippen LogP contribution in [0, 0.1) is 0 Å². The maximum atomic E-state index is 13.0. The van der Waals surface area contributed by atoms with Crippen molar-refractivity contribution in [3.05, 3.63) is 85.1 Å². The zero-order valence-electron chi connectivity index (χ0n) is 40.1. The Hall–Kier alpha value is -2.86. The lowest BCUT2D eigenvalue weighted by Gasteiger charge is -2.43. The second kappa shape index (κ2) is 38.8. The molecule has 1 aliphatic carbocycles. The Morgan fingerprint density at radius 3 is 1.66 bits per heavy atom. The van der Waals surface area contributed by atoms with Crippen LogP contribution in [-0.4, -0.2) is 114 Å². The first kappa shape index (κ1) is 63.2. The lowest BCUT2D eigenvalue weighted by Crippen LogP contribution is -2.64. The quantitative estimate of drug-likeness (QED) is 0.00944. The maximum Gasteiger partial charge on any atom is 0.472 e. The van der Waals surface area contributed by atoms with Gasteiger partial charge >= 0.3 is 27.6 Å². The van der Waals surface area contributed by atoms with E-state index in [1.54, 1.807) is 12.2 Å². The predicted molar refractivity (Wildman–Crippen MR) is 261 cm³/mol. The number of aliphatic hydroxyl groups is 5. The van der Waals surface area contributed by atoms with Crippen LogP contribution in [0.2, 0.25) is 0 Å². The summed E-state index contributed by atoms with van der Waals surface area (Å²) in [6, 6.07) is 0. The minimum Gasteiger partial charge on any atom is -0.462 e. The highest BCUT2D eigenvalue weighted by Gasteiger charge is 2.54. The highest BCUT2D eigenvalue weighted by Crippen LogP contribution is 2.49. The third-order valence-electron chi connectivity index (χ3n) is 10.6. The van der Waals surface area contributed by atoms with E-state index in [1.165, 1.54) is 38.5 Å². The smallest absolute Gasteiger partial charge is 0.462 e. The van der Waals surface area contributed by atoms with Gasteiger partial charge in [-0.3, -0.25) is 23.2 Å². The molecular weight excluding hydrogens is 922 g/mol. The molecule has 0 aromatic heterocycles. The van der Waals surface area contributed by atoms with Gasteiger partial charge < -0.3 is 49.7 Å². The molecule has 0 spiro atoms. The number of phosphoric acid groups is 2. The van der Waals surface area contributed by atoms with Gasteiger partial charge in [-0.1, -0.05) is 144 Å². The van der Waals surface area contributed by atoms with E-state index in [4.69, 9.17) is 18.5 Å². The van der Waals surface area contributed by atoms with E-state index in [9.17, 15) is 58.9 Å². The topological polar surface area (TPSA) is 276 Å². The summed E-state index contributed by atoms with van der Waals surface area (Å²) in [6.07, 6.45) is 29.9. The molecule has 0 heterocycles. The van der Waals surface area contributed by atoms with Crippen LogP contribution in [0.15, 0.2) is 85.1 Å². The van der Waals surface area contributed by atoms with Crippen molar-refractivity contribution in [2.75, 3.05) is 13.2 Å².